The molecule has 0 aliphatic heterocycles. The van der Waals surface area contributed by atoms with Gasteiger partial charge < -0.3 is 10.1 Å². The fourth-order valence-electron chi connectivity index (χ4n) is 2.07. The van der Waals surface area contributed by atoms with Gasteiger partial charge in [0.25, 0.3) is 0 Å². The van der Waals surface area contributed by atoms with Gasteiger partial charge >= 0.3 is 6.18 Å². The van der Waals surface area contributed by atoms with Crippen LogP contribution in [0.3, 0.4) is 0 Å². The van der Waals surface area contributed by atoms with Gasteiger partial charge in [-0.2, -0.15) is 13.2 Å². The molecule has 20 heavy (non-hydrogen) atoms. The summed E-state index contributed by atoms with van der Waals surface area (Å²) in [6.45, 7) is 4.77. The van der Waals surface area contributed by atoms with Crippen molar-refractivity contribution in [2.75, 3.05) is 13.2 Å². The second-order valence-electron chi connectivity index (χ2n) is 4.74. The van der Waals surface area contributed by atoms with E-state index in [1.54, 1.807) is 0 Å². The summed E-state index contributed by atoms with van der Waals surface area (Å²) < 4.78 is 41.7. The number of rotatable bonds is 8. The van der Waals surface area contributed by atoms with Crippen LogP contribution in [-0.2, 0) is 4.74 Å². The SMILES string of the molecule is CCNC(c1ccccc1)C(C)OCCCC(F)(F)F. The van der Waals surface area contributed by atoms with E-state index < -0.39 is 12.6 Å². The molecule has 0 spiro atoms. The standard InChI is InChI=1S/C15H22F3NO/c1-3-19-14(13-8-5-4-6-9-13)12(2)20-11-7-10-15(16,17)18/h4-6,8-9,12,14,19H,3,7,10-11H2,1-2H3. The van der Waals surface area contributed by atoms with Gasteiger partial charge in [0.15, 0.2) is 0 Å². The third-order valence-electron chi connectivity index (χ3n) is 3.04. The Kier molecular flexibility index (Phi) is 7.02. The predicted molar refractivity (Wildman–Crippen MR) is 73.6 cm³/mol. The van der Waals surface area contributed by atoms with Gasteiger partial charge in [-0.1, -0.05) is 37.3 Å². The first-order valence-electron chi connectivity index (χ1n) is 6.90. The largest absolute Gasteiger partial charge is 0.389 e. The Labute approximate surface area is 118 Å². The molecular formula is C15H22F3NO. The lowest BCUT2D eigenvalue weighted by molar-refractivity contribution is -0.139. The number of nitrogens with one attached hydrogen (secondary N) is 1. The molecule has 0 saturated heterocycles. The lowest BCUT2D eigenvalue weighted by Gasteiger charge is -2.25. The zero-order valence-electron chi connectivity index (χ0n) is 11.9. The van der Waals surface area contributed by atoms with Crippen molar-refractivity contribution in [1.29, 1.82) is 0 Å². The molecule has 0 aliphatic rings. The fourth-order valence-corrected chi connectivity index (χ4v) is 2.07. The first-order chi connectivity index (χ1) is 9.44. The molecular weight excluding hydrogens is 267 g/mol. The molecule has 0 amide bonds. The number of hydrogen-bond acceptors (Lipinski definition) is 2. The first-order valence-corrected chi connectivity index (χ1v) is 6.90. The van der Waals surface area contributed by atoms with Crippen molar-refractivity contribution in [2.24, 2.45) is 0 Å². The lowest BCUT2D eigenvalue weighted by Crippen LogP contribution is -2.32. The number of hydrogen-bond donors (Lipinski definition) is 1. The quantitative estimate of drug-likeness (QED) is 0.728. The van der Waals surface area contributed by atoms with Crippen molar-refractivity contribution in [3.05, 3.63) is 35.9 Å². The van der Waals surface area contributed by atoms with Crippen LogP contribution in [-0.4, -0.2) is 25.4 Å². The normalized spacial score (nSPS) is 15.1. The molecule has 0 heterocycles. The zero-order chi connectivity index (χ0) is 15.0. The summed E-state index contributed by atoms with van der Waals surface area (Å²) in [6, 6.07) is 9.78. The Bertz CT molecular complexity index is 367. The van der Waals surface area contributed by atoms with Crippen molar-refractivity contribution in [3.8, 4) is 0 Å². The van der Waals surface area contributed by atoms with E-state index in [2.05, 4.69) is 5.32 Å². The van der Waals surface area contributed by atoms with E-state index in [-0.39, 0.29) is 25.2 Å². The lowest BCUT2D eigenvalue weighted by atomic mass is 10.0. The molecule has 2 atom stereocenters. The highest BCUT2D eigenvalue weighted by atomic mass is 19.4. The summed E-state index contributed by atoms with van der Waals surface area (Å²) >= 11 is 0. The van der Waals surface area contributed by atoms with Gasteiger partial charge in [-0.05, 0) is 25.5 Å². The minimum absolute atomic E-state index is 0.00146. The topological polar surface area (TPSA) is 21.3 Å². The van der Waals surface area contributed by atoms with E-state index in [0.29, 0.717) is 0 Å². The van der Waals surface area contributed by atoms with Gasteiger partial charge in [-0.3, -0.25) is 0 Å². The van der Waals surface area contributed by atoms with Crippen LogP contribution in [0.2, 0.25) is 0 Å². The number of alkyl halides is 3. The van der Waals surface area contributed by atoms with E-state index in [0.717, 1.165) is 12.1 Å². The van der Waals surface area contributed by atoms with Gasteiger partial charge in [0.05, 0.1) is 12.1 Å². The van der Waals surface area contributed by atoms with Crippen molar-refractivity contribution in [2.45, 2.75) is 45.0 Å². The van der Waals surface area contributed by atoms with Gasteiger partial charge in [-0.15, -0.1) is 0 Å². The summed E-state index contributed by atoms with van der Waals surface area (Å²) in [6.07, 6.45) is -5.07. The minimum atomic E-state index is -4.10. The molecule has 0 aliphatic carbocycles. The summed E-state index contributed by atoms with van der Waals surface area (Å²) in [5.41, 5.74) is 1.08. The average Bonchev–Trinajstić information content (AvgIpc) is 2.40. The van der Waals surface area contributed by atoms with E-state index in [4.69, 9.17) is 4.74 Å². The van der Waals surface area contributed by atoms with Crippen LogP contribution in [0.25, 0.3) is 0 Å². The third kappa shape index (κ3) is 6.39. The smallest absolute Gasteiger partial charge is 0.377 e. The summed E-state index contributed by atoms with van der Waals surface area (Å²) in [5.74, 6) is 0. The molecule has 2 unspecified atom stereocenters. The van der Waals surface area contributed by atoms with Crippen molar-refractivity contribution in [1.82, 2.24) is 5.32 Å². The molecule has 0 saturated carbocycles. The summed E-state index contributed by atoms with van der Waals surface area (Å²) in [7, 11) is 0. The van der Waals surface area contributed by atoms with Crippen LogP contribution < -0.4 is 5.32 Å². The van der Waals surface area contributed by atoms with Crippen molar-refractivity contribution < 1.29 is 17.9 Å². The minimum Gasteiger partial charge on any atom is -0.377 e. The van der Waals surface area contributed by atoms with Crippen LogP contribution in [0.15, 0.2) is 30.3 Å². The Morgan fingerprint density at radius 1 is 1.20 bits per heavy atom. The highest BCUT2D eigenvalue weighted by molar-refractivity contribution is 5.19. The summed E-state index contributed by atoms with van der Waals surface area (Å²) in [4.78, 5) is 0. The van der Waals surface area contributed by atoms with E-state index in [9.17, 15) is 13.2 Å². The van der Waals surface area contributed by atoms with E-state index >= 15 is 0 Å². The highest BCUT2D eigenvalue weighted by Gasteiger charge is 2.26. The second-order valence-corrected chi connectivity index (χ2v) is 4.74. The van der Waals surface area contributed by atoms with Gasteiger partial charge in [0.2, 0.25) is 0 Å². The van der Waals surface area contributed by atoms with Crippen LogP contribution >= 0.6 is 0 Å². The van der Waals surface area contributed by atoms with Crippen LogP contribution in [0, 0.1) is 0 Å². The van der Waals surface area contributed by atoms with Crippen molar-refractivity contribution >= 4 is 0 Å². The molecule has 0 fully saturated rings. The number of ether oxygens (including phenoxy) is 1. The maximum atomic E-state index is 12.1. The van der Waals surface area contributed by atoms with Crippen LogP contribution in [0.5, 0.6) is 0 Å². The number of benzene rings is 1. The predicted octanol–water partition coefficient (Wildman–Crippen LogP) is 4.08. The molecule has 1 aromatic carbocycles. The second kappa shape index (κ2) is 8.27. The highest BCUT2D eigenvalue weighted by Crippen LogP contribution is 2.23. The maximum Gasteiger partial charge on any atom is 0.389 e. The molecule has 1 N–H and O–H groups in total. The van der Waals surface area contributed by atoms with E-state index in [1.165, 1.54) is 0 Å². The Morgan fingerprint density at radius 3 is 2.40 bits per heavy atom. The maximum absolute atomic E-state index is 12.1. The third-order valence-corrected chi connectivity index (χ3v) is 3.04. The Balaban J connectivity index is 2.47. The molecule has 0 bridgehead atoms. The zero-order valence-corrected chi connectivity index (χ0v) is 11.9. The number of likely N-dealkylation sites (N-methyl/N-ethyl adjacent to an activating group) is 1. The Hall–Kier alpha value is -1.07. The fraction of sp³-hybridized carbons (Fsp3) is 0.600. The van der Waals surface area contributed by atoms with Crippen LogP contribution in [0.4, 0.5) is 13.2 Å². The molecule has 1 rings (SSSR count). The molecule has 114 valence electrons. The van der Waals surface area contributed by atoms with Gasteiger partial charge in [-0.25, -0.2) is 0 Å². The van der Waals surface area contributed by atoms with Gasteiger partial charge in [0.1, 0.15) is 0 Å². The number of halogens is 3. The van der Waals surface area contributed by atoms with Crippen molar-refractivity contribution in [3.63, 3.8) is 0 Å². The molecule has 0 radical (unpaired) electrons. The molecule has 1 aromatic rings. The molecule has 2 nitrogen and oxygen atoms in total. The molecule has 5 heteroatoms. The average molecular weight is 289 g/mol. The summed E-state index contributed by atoms with van der Waals surface area (Å²) in [5, 5.41) is 3.31. The van der Waals surface area contributed by atoms with E-state index in [1.807, 2.05) is 44.2 Å². The first kappa shape index (κ1) is 17.0. The monoisotopic (exact) mass is 289 g/mol. The molecule has 0 aromatic heterocycles. The van der Waals surface area contributed by atoms with Gasteiger partial charge in [0, 0.05) is 13.0 Å². The van der Waals surface area contributed by atoms with Crippen LogP contribution in [0.1, 0.15) is 38.3 Å². The Morgan fingerprint density at radius 2 is 1.85 bits per heavy atom.